The molecule has 13 heteroatoms. The Morgan fingerprint density at radius 3 is 2.06 bits per heavy atom. The van der Waals surface area contributed by atoms with Crippen molar-refractivity contribution >= 4 is 63.1 Å². The Morgan fingerprint density at radius 1 is 0.968 bits per heavy atom. The SMILES string of the molecule is O=C(OC(c1ccccc1)C(F)(F)C(=O)O)c1cc(I)cc(I)c1OC(=O)C(F)(F)F. The Kier molecular flexibility index (Phi) is 7.83. The van der Waals surface area contributed by atoms with Gasteiger partial charge in [0.2, 0.25) is 6.10 Å². The van der Waals surface area contributed by atoms with Crippen LogP contribution in [0.2, 0.25) is 0 Å². The zero-order valence-corrected chi connectivity index (χ0v) is 19.1. The second-order valence-electron chi connectivity index (χ2n) is 5.78. The summed E-state index contributed by atoms with van der Waals surface area (Å²) in [5.41, 5.74) is -1.14. The number of carboxylic acids is 1. The van der Waals surface area contributed by atoms with E-state index in [1.165, 1.54) is 46.9 Å². The lowest BCUT2D eigenvalue weighted by Gasteiger charge is -2.24. The third-order valence-electron chi connectivity index (χ3n) is 3.60. The fraction of sp³-hybridized carbons (Fsp3) is 0.167. The number of carbonyl (C=O) groups excluding carboxylic acids is 2. The molecule has 31 heavy (non-hydrogen) atoms. The van der Waals surface area contributed by atoms with E-state index in [1.54, 1.807) is 22.6 Å². The lowest BCUT2D eigenvalue weighted by atomic mass is 10.0. The molecule has 2 aromatic rings. The van der Waals surface area contributed by atoms with Gasteiger partial charge >= 0.3 is 30.0 Å². The van der Waals surface area contributed by atoms with Gasteiger partial charge in [0.15, 0.2) is 5.75 Å². The maximum atomic E-state index is 14.3. The first-order valence-electron chi connectivity index (χ1n) is 7.90. The number of carbonyl (C=O) groups is 3. The Balaban J connectivity index is 2.51. The molecule has 1 unspecified atom stereocenters. The van der Waals surface area contributed by atoms with E-state index in [-0.39, 0.29) is 12.7 Å². The van der Waals surface area contributed by atoms with Gasteiger partial charge in [-0.15, -0.1) is 0 Å². The third-order valence-corrected chi connectivity index (χ3v) is 5.02. The van der Waals surface area contributed by atoms with E-state index >= 15 is 0 Å². The molecule has 0 bridgehead atoms. The van der Waals surface area contributed by atoms with E-state index in [4.69, 9.17) is 9.84 Å². The normalized spacial score (nSPS) is 12.7. The summed E-state index contributed by atoms with van der Waals surface area (Å²) in [6.45, 7) is 0. The fourth-order valence-corrected chi connectivity index (χ4v) is 4.18. The van der Waals surface area contributed by atoms with Gasteiger partial charge in [0, 0.05) is 3.57 Å². The Bertz CT molecular complexity index is 1010. The lowest BCUT2D eigenvalue weighted by Crippen LogP contribution is -2.38. The van der Waals surface area contributed by atoms with Gasteiger partial charge < -0.3 is 14.6 Å². The highest BCUT2D eigenvalue weighted by Crippen LogP contribution is 2.38. The van der Waals surface area contributed by atoms with Gasteiger partial charge in [0.1, 0.15) is 5.56 Å². The number of aliphatic carboxylic acids is 1. The first kappa shape index (κ1) is 25.2. The molecule has 1 N–H and O–H groups in total. The molecule has 0 saturated carbocycles. The standard InChI is InChI=1S/C18H9F5I2O6/c19-17(20,15(27)28)13(8-4-2-1-3-5-8)31-14(26)10-6-9(24)7-11(25)12(10)30-16(29)18(21,22)23/h1-7,13H,(H,27,28). The number of hydrogen-bond acceptors (Lipinski definition) is 5. The second-order valence-corrected chi connectivity index (χ2v) is 8.18. The van der Waals surface area contributed by atoms with Crippen LogP contribution in [0.4, 0.5) is 22.0 Å². The van der Waals surface area contributed by atoms with E-state index < -0.39 is 47.4 Å². The lowest BCUT2D eigenvalue weighted by molar-refractivity contribution is -0.189. The third kappa shape index (κ3) is 6.02. The molecule has 0 saturated heterocycles. The Labute approximate surface area is 198 Å². The zero-order valence-electron chi connectivity index (χ0n) is 14.8. The topological polar surface area (TPSA) is 89.9 Å². The number of carboxylic acid groups (broad SMARTS) is 1. The van der Waals surface area contributed by atoms with E-state index in [9.17, 15) is 36.3 Å². The molecule has 0 aliphatic heterocycles. The highest BCUT2D eigenvalue weighted by atomic mass is 127. The summed E-state index contributed by atoms with van der Waals surface area (Å²) in [4.78, 5) is 34.9. The van der Waals surface area contributed by atoms with Gasteiger partial charge in [0.25, 0.3) is 0 Å². The molecule has 0 heterocycles. The van der Waals surface area contributed by atoms with Crippen molar-refractivity contribution in [3.63, 3.8) is 0 Å². The quantitative estimate of drug-likeness (QED) is 0.202. The van der Waals surface area contributed by atoms with Gasteiger partial charge in [-0.25, -0.2) is 14.4 Å². The molecule has 2 rings (SSSR count). The van der Waals surface area contributed by atoms with Gasteiger partial charge in [-0.2, -0.15) is 22.0 Å². The van der Waals surface area contributed by atoms with Crippen LogP contribution in [0.25, 0.3) is 0 Å². The minimum atomic E-state index is -5.39. The summed E-state index contributed by atoms with van der Waals surface area (Å²) >= 11 is 3.16. The van der Waals surface area contributed by atoms with Crippen LogP contribution < -0.4 is 4.74 Å². The predicted molar refractivity (Wildman–Crippen MR) is 111 cm³/mol. The maximum absolute atomic E-state index is 14.3. The molecule has 0 amide bonds. The molecule has 1 atom stereocenters. The van der Waals surface area contributed by atoms with Crippen LogP contribution in [0.5, 0.6) is 5.75 Å². The number of halogens is 7. The largest absolute Gasteiger partial charge is 0.491 e. The summed E-state index contributed by atoms with van der Waals surface area (Å²) in [5, 5.41) is 8.87. The Hall–Kier alpha value is -2.04. The molecule has 0 aromatic heterocycles. The van der Waals surface area contributed by atoms with Crippen molar-refractivity contribution < 1.29 is 50.9 Å². The summed E-state index contributed by atoms with van der Waals surface area (Å²) in [7, 11) is 0. The van der Waals surface area contributed by atoms with E-state index in [1.807, 2.05) is 0 Å². The van der Waals surface area contributed by atoms with Gasteiger partial charge in [-0.1, -0.05) is 30.3 Å². The zero-order chi connectivity index (χ0) is 23.6. The highest BCUT2D eigenvalue weighted by molar-refractivity contribution is 14.1. The summed E-state index contributed by atoms with van der Waals surface area (Å²) < 4.78 is 75.5. The van der Waals surface area contributed by atoms with Crippen molar-refractivity contribution in [3.8, 4) is 5.75 Å². The van der Waals surface area contributed by atoms with Crippen molar-refractivity contribution in [2.75, 3.05) is 0 Å². The smallest absolute Gasteiger partial charge is 0.477 e. The molecular formula is C18H9F5I2O6. The number of hydrogen-bond donors (Lipinski definition) is 1. The first-order chi connectivity index (χ1) is 14.2. The Morgan fingerprint density at radius 2 is 1.55 bits per heavy atom. The van der Waals surface area contributed by atoms with Crippen LogP contribution in [0.15, 0.2) is 42.5 Å². The molecule has 0 spiro atoms. The predicted octanol–water partition coefficient (Wildman–Crippen LogP) is 4.98. The van der Waals surface area contributed by atoms with Crippen LogP contribution in [-0.4, -0.2) is 35.1 Å². The number of rotatable bonds is 6. The molecule has 0 fully saturated rings. The summed E-state index contributed by atoms with van der Waals surface area (Å²) in [5.74, 6) is -12.3. The first-order valence-corrected chi connectivity index (χ1v) is 10.1. The molecule has 6 nitrogen and oxygen atoms in total. The molecule has 0 radical (unpaired) electrons. The van der Waals surface area contributed by atoms with Gasteiger partial charge in [-0.05, 0) is 62.9 Å². The van der Waals surface area contributed by atoms with Crippen LogP contribution in [-0.2, 0) is 14.3 Å². The summed E-state index contributed by atoms with van der Waals surface area (Å²) in [6.07, 6.45) is -8.00. The summed E-state index contributed by atoms with van der Waals surface area (Å²) in [6, 6.07) is 8.40. The van der Waals surface area contributed by atoms with Crippen LogP contribution in [0.3, 0.4) is 0 Å². The van der Waals surface area contributed by atoms with E-state index in [0.29, 0.717) is 0 Å². The van der Waals surface area contributed by atoms with Crippen molar-refractivity contribution in [3.05, 3.63) is 60.7 Å². The van der Waals surface area contributed by atoms with E-state index in [2.05, 4.69) is 4.74 Å². The fourth-order valence-electron chi connectivity index (χ4n) is 2.23. The van der Waals surface area contributed by atoms with Crippen molar-refractivity contribution in [2.45, 2.75) is 18.2 Å². The minimum absolute atomic E-state index is 0.115. The van der Waals surface area contributed by atoms with Crippen LogP contribution in [0.1, 0.15) is 22.0 Å². The molecular weight excluding hydrogens is 661 g/mol. The van der Waals surface area contributed by atoms with E-state index in [0.717, 1.165) is 18.2 Å². The van der Waals surface area contributed by atoms with Crippen LogP contribution in [0, 0.1) is 7.14 Å². The number of esters is 2. The molecule has 0 aliphatic carbocycles. The van der Waals surface area contributed by atoms with Crippen molar-refractivity contribution in [1.82, 2.24) is 0 Å². The maximum Gasteiger partial charge on any atom is 0.491 e. The molecule has 2 aromatic carbocycles. The number of benzene rings is 2. The monoisotopic (exact) mass is 670 g/mol. The number of ether oxygens (including phenoxy) is 2. The minimum Gasteiger partial charge on any atom is -0.477 e. The second kappa shape index (κ2) is 9.62. The average molecular weight is 670 g/mol. The molecule has 166 valence electrons. The highest BCUT2D eigenvalue weighted by Gasteiger charge is 2.51. The number of alkyl halides is 5. The van der Waals surface area contributed by atoms with Crippen molar-refractivity contribution in [2.24, 2.45) is 0 Å². The van der Waals surface area contributed by atoms with Crippen molar-refractivity contribution in [1.29, 1.82) is 0 Å². The molecule has 0 aliphatic rings. The van der Waals surface area contributed by atoms with Gasteiger partial charge in [0.05, 0.1) is 3.57 Å². The van der Waals surface area contributed by atoms with Crippen LogP contribution >= 0.6 is 45.2 Å². The van der Waals surface area contributed by atoms with Gasteiger partial charge in [-0.3, -0.25) is 0 Å². The average Bonchev–Trinajstić information content (AvgIpc) is 2.67.